The van der Waals surface area contributed by atoms with E-state index in [9.17, 15) is 13.6 Å². The second-order valence-electron chi connectivity index (χ2n) is 5.73. The lowest BCUT2D eigenvalue weighted by molar-refractivity contribution is 0.0499. The molecule has 20 heavy (non-hydrogen) atoms. The number of hydrogen-bond donors (Lipinski definition) is 1. The second-order valence-corrected chi connectivity index (χ2v) is 5.73. The Morgan fingerprint density at radius 3 is 2.25 bits per heavy atom. The summed E-state index contributed by atoms with van der Waals surface area (Å²) in [4.78, 5) is 11.5. The zero-order valence-corrected chi connectivity index (χ0v) is 12.2. The van der Waals surface area contributed by atoms with Crippen LogP contribution in [0.3, 0.4) is 0 Å². The van der Waals surface area contributed by atoms with Crippen LogP contribution < -0.4 is 5.32 Å². The van der Waals surface area contributed by atoms with Crippen molar-refractivity contribution in [1.29, 1.82) is 0 Å². The van der Waals surface area contributed by atoms with Crippen molar-refractivity contribution in [1.82, 2.24) is 5.32 Å². The summed E-state index contributed by atoms with van der Waals surface area (Å²) >= 11 is 0. The molecule has 0 heterocycles. The monoisotopic (exact) mass is 285 g/mol. The quantitative estimate of drug-likeness (QED) is 0.912. The molecular weight excluding hydrogens is 264 g/mol. The van der Waals surface area contributed by atoms with Crippen molar-refractivity contribution in [3.05, 3.63) is 35.4 Å². The number of amides is 1. The van der Waals surface area contributed by atoms with Crippen LogP contribution in [0, 0.1) is 6.92 Å². The third-order valence-corrected chi connectivity index (χ3v) is 2.67. The molecule has 0 radical (unpaired) electrons. The van der Waals surface area contributed by atoms with Crippen LogP contribution in [0.1, 0.15) is 37.8 Å². The SMILES string of the molecule is Cc1ccc(C(CNC(=O)OC(C)(C)C)C(F)F)cc1. The average molecular weight is 285 g/mol. The predicted octanol–water partition coefficient (Wildman–Crippen LogP) is 3.87. The highest BCUT2D eigenvalue weighted by atomic mass is 19.3. The Hall–Kier alpha value is -1.65. The lowest BCUT2D eigenvalue weighted by Gasteiger charge is -2.22. The first-order valence-electron chi connectivity index (χ1n) is 6.50. The molecule has 1 amide bonds. The molecule has 0 saturated carbocycles. The lowest BCUT2D eigenvalue weighted by atomic mass is 9.98. The summed E-state index contributed by atoms with van der Waals surface area (Å²) in [5.74, 6) is -1.04. The number of aryl methyl sites for hydroxylation is 1. The first kappa shape index (κ1) is 16.4. The standard InChI is InChI=1S/C15H21F2NO2/c1-10-5-7-11(8-6-10)12(13(16)17)9-18-14(19)20-15(2,3)4/h5-8,12-13H,9H2,1-4H3,(H,18,19). The van der Waals surface area contributed by atoms with Gasteiger partial charge in [-0.05, 0) is 33.3 Å². The lowest BCUT2D eigenvalue weighted by Crippen LogP contribution is -2.36. The van der Waals surface area contributed by atoms with Crippen molar-refractivity contribution in [2.24, 2.45) is 0 Å². The minimum absolute atomic E-state index is 0.157. The van der Waals surface area contributed by atoms with Crippen LogP contribution in [-0.2, 0) is 4.74 Å². The number of rotatable bonds is 4. The number of alkyl halides is 2. The molecule has 3 nitrogen and oxygen atoms in total. The number of hydrogen-bond acceptors (Lipinski definition) is 2. The van der Waals surface area contributed by atoms with Crippen LogP contribution >= 0.6 is 0 Å². The molecule has 0 saturated heterocycles. The van der Waals surface area contributed by atoms with E-state index in [4.69, 9.17) is 4.74 Å². The van der Waals surface area contributed by atoms with E-state index < -0.39 is 24.0 Å². The van der Waals surface area contributed by atoms with E-state index in [1.54, 1.807) is 45.0 Å². The van der Waals surface area contributed by atoms with Crippen LogP contribution in [0.4, 0.5) is 13.6 Å². The second kappa shape index (κ2) is 6.68. The van der Waals surface area contributed by atoms with Crippen molar-refractivity contribution in [3.63, 3.8) is 0 Å². The van der Waals surface area contributed by atoms with E-state index in [1.807, 2.05) is 6.92 Å². The van der Waals surface area contributed by atoms with Gasteiger partial charge in [0.1, 0.15) is 5.60 Å². The van der Waals surface area contributed by atoms with Gasteiger partial charge in [-0.2, -0.15) is 0 Å². The third kappa shape index (κ3) is 5.55. The number of carbonyl (C=O) groups excluding carboxylic acids is 1. The van der Waals surface area contributed by atoms with Gasteiger partial charge < -0.3 is 10.1 Å². The molecule has 5 heteroatoms. The fourth-order valence-corrected chi connectivity index (χ4v) is 1.67. The summed E-state index contributed by atoms with van der Waals surface area (Å²) in [5.41, 5.74) is 0.859. The zero-order valence-electron chi connectivity index (χ0n) is 12.2. The number of halogens is 2. The van der Waals surface area contributed by atoms with Gasteiger partial charge >= 0.3 is 6.09 Å². The third-order valence-electron chi connectivity index (χ3n) is 2.67. The number of ether oxygens (including phenoxy) is 1. The fraction of sp³-hybridized carbons (Fsp3) is 0.533. The predicted molar refractivity (Wildman–Crippen MR) is 74.2 cm³/mol. The molecule has 1 unspecified atom stereocenters. The summed E-state index contributed by atoms with van der Waals surface area (Å²) in [5, 5.41) is 2.39. The molecule has 0 aromatic heterocycles. The van der Waals surface area contributed by atoms with Crippen molar-refractivity contribution in [2.75, 3.05) is 6.54 Å². The average Bonchev–Trinajstić information content (AvgIpc) is 2.29. The normalized spacial score (nSPS) is 13.2. The number of nitrogens with one attached hydrogen (secondary N) is 1. The van der Waals surface area contributed by atoms with Gasteiger partial charge in [0.2, 0.25) is 6.43 Å². The summed E-state index contributed by atoms with van der Waals surface area (Å²) in [7, 11) is 0. The maximum Gasteiger partial charge on any atom is 0.407 e. The van der Waals surface area contributed by atoms with Gasteiger partial charge in [-0.3, -0.25) is 0 Å². The number of benzene rings is 1. The Labute approximate surface area is 118 Å². The summed E-state index contributed by atoms with van der Waals surface area (Å²) < 4.78 is 31.2. The molecule has 0 aliphatic rings. The molecule has 0 fully saturated rings. The highest BCUT2D eigenvalue weighted by Crippen LogP contribution is 2.23. The first-order chi connectivity index (χ1) is 9.19. The van der Waals surface area contributed by atoms with Crippen molar-refractivity contribution >= 4 is 6.09 Å². The number of carbonyl (C=O) groups is 1. The Morgan fingerprint density at radius 1 is 1.25 bits per heavy atom. The van der Waals surface area contributed by atoms with Gasteiger partial charge in [-0.25, -0.2) is 13.6 Å². The molecule has 1 rings (SSSR count). The van der Waals surface area contributed by atoms with Gasteiger partial charge in [0.15, 0.2) is 0 Å². The van der Waals surface area contributed by atoms with Crippen LogP contribution in [0.15, 0.2) is 24.3 Å². The van der Waals surface area contributed by atoms with E-state index in [-0.39, 0.29) is 6.54 Å². The molecule has 1 atom stereocenters. The van der Waals surface area contributed by atoms with E-state index in [0.29, 0.717) is 5.56 Å². The zero-order chi connectivity index (χ0) is 15.3. The van der Waals surface area contributed by atoms with Gasteiger partial charge in [0.25, 0.3) is 0 Å². The van der Waals surface area contributed by atoms with Gasteiger partial charge in [-0.1, -0.05) is 29.8 Å². The molecule has 1 N–H and O–H groups in total. The van der Waals surface area contributed by atoms with Gasteiger partial charge in [0, 0.05) is 6.54 Å². The summed E-state index contributed by atoms with van der Waals surface area (Å²) in [6, 6.07) is 6.86. The molecule has 0 spiro atoms. The molecular formula is C15H21F2NO2. The Morgan fingerprint density at radius 2 is 1.80 bits per heavy atom. The van der Waals surface area contributed by atoms with E-state index in [2.05, 4.69) is 5.32 Å². The maximum atomic E-state index is 13.1. The Kier molecular flexibility index (Phi) is 5.48. The van der Waals surface area contributed by atoms with Crippen molar-refractivity contribution in [2.45, 2.75) is 45.6 Å². The Balaban J connectivity index is 2.65. The topological polar surface area (TPSA) is 38.3 Å². The Bertz CT molecular complexity index is 438. The first-order valence-corrected chi connectivity index (χ1v) is 6.50. The largest absolute Gasteiger partial charge is 0.444 e. The molecule has 1 aromatic rings. The van der Waals surface area contributed by atoms with E-state index in [0.717, 1.165) is 5.56 Å². The molecule has 0 aliphatic carbocycles. The van der Waals surface area contributed by atoms with Crippen molar-refractivity contribution < 1.29 is 18.3 Å². The smallest absolute Gasteiger partial charge is 0.407 e. The van der Waals surface area contributed by atoms with Crippen LogP contribution in [0.2, 0.25) is 0 Å². The maximum absolute atomic E-state index is 13.1. The van der Waals surface area contributed by atoms with E-state index >= 15 is 0 Å². The number of alkyl carbamates (subject to hydrolysis) is 1. The highest BCUT2D eigenvalue weighted by Gasteiger charge is 2.24. The minimum Gasteiger partial charge on any atom is -0.444 e. The highest BCUT2D eigenvalue weighted by molar-refractivity contribution is 5.67. The summed E-state index contributed by atoms with van der Waals surface area (Å²) in [6.07, 6.45) is -3.23. The van der Waals surface area contributed by atoms with Crippen LogP contribution in [-0.4, -0.2) is 24.7 Å². The molecule has 112 valence electrons. The molecule has 1 aromatic carbocycles. The minimum atomic E-state index is -2.55. The van der Waals surface area contributed by atoms with Crippen LogP contribution in [0.5, 0.6) is 0 Å². The van der Waals surface area contributed by atoms with Crippen LogP contribution in [0.25, 0.3) is 0 Å². The van der Waals surface area contributed by atoms with Crippen molar-refractivity contribution in [3.8, 4) is 0 Å². The van der Waals surface area contributed by atoms with E-state index in [1.165, 1.54) is 0 Å². The molecule has 0 aliphatic heterocycles. The van der Waals surface area contributed by atoms with Gasteiger partial charge in [0.05, 0.1) is 5.92 Å². The van der Waals surface area contributed by atoms with Gasteiger partial charge in [-0.15, -0.1) is 0 Å². The molecule has 0 bridgehead atoms. The summed E-state index contributed by atoms with van der Waals surface area (Å²) in [6.45, 7) is 6.89. The fourth-order valence-electron chi connectivity index (χ4n) is 1.67.